The van der Waals surface area contributed by atoms with Crippen LogP contribution in [-0.4, -0.2) is 44.1 Å². The van der Waals surface area contributed by atoms with Gasteiger partial charge in [0.2, 0.25) is 17.7 Å². The fourth-order valence-electron chi connectivity index (χ4n) is 4.49. The van der Waals surface area contributed by atoms with E-state index in [1.165, 1.54) is 36.4 Å². The van der Waals surface area contributed by atoms with Crippen LogP contribution in [0.5, 0.6) is 0 Å². The molecule has 0 aliphatic carbocycles. The average Bonchev–Trinajstić information content (AvgIpc) is 3.24. The van der Waals surface area contributed by atoms with E-state index in [1.807, 2.05) is 4.72 Å². The van der Waals surface area contributed by atoms with Crippen molar-refractivity contribution in [2.45, 2.75) is 37.5 Å². The number of amides is 4. The van der Waals surface area contributed by atoms with Crippen LogP contribution in [-0.2, 0) is 54.6 Å². The predicted molar refractivity (Wildman–Crippen MR) is 154 cm³/mol. The molecule has 0 saturated carbocycles. The number of rotatable bonds is 11. The molecule has 4 rings (SSSR count). The van der Waals surface area contributed by atoms with Crippen molar-refractivity contribution in [3.63, 3.8) is 0 Å². The van der Waals surface area contributed by atoms with Gasteiger partial charge in [-0.3, -0.25) is 19.2 Å². The Bertz CT molecular complexity index is 1690. The number of carbonyl (C=O) groups is 4. The third-order valence-electron chi connectivity index (χ3n) is 6.71. The number of alkyl halides is 3. The van der Waals surface area contributed by atoms with Crippen molar-refractivity contribution in [1.29, 1.82) is 0 Å². The van der Waals surface area contributed by atoms with E-state index in [4.69, 9.17) is 5.73 Å². The summed E-state index contributed by atoms with van der Waals surface area (Å²) in [5.74, 6) is -2.98. The second kappa shape index (κ2) is 13.1. The maximum Gasteiger partial charge on any atom is 0.416 e. The minimum atomic E-state index is -4.52. The number of primary amides is 1. The van der Waals surface area contributed by atoms with Crippen molar-refractivity contribution in [2.75, 3.05) is 0 Å². The van der Waals surface area contributed by atoms with Crippen LogP contribution in [0.3, 0.4) is 0 Å². The molecule has 0 saturated heterocycles. The first-order valence-electron chi connectivity index (χ1n) is 13.2. The van der Waals surface area contributed by atoms with Gasteiger partial charge in [-0.25, -0.2) is 13.1 Å². The van der Waals surface area contributed by atoms with Gasteiger partial charge in [0.15, 0.2) is 0 Å². The number of benzene rings is 3. The molecule has 10 nitrogen and oxygen atoms in total. The van der Waals surface area contributed by atoms with Crippen LogP contribution >= 0.6 is 0 Å². The van der Waals surface area contributed by atoms with E-state index in [1.54, 1.807) is 30.3 Å². The van der Waals surface area contributed by atoms with Crippen molar-refractivity contribution in [1.82, 2.24) is 15.4 Å². The first-order chi connectivity index (χ1) is 20.7. The molecule has 1 aliphatic heterocycles. The topological polar surface area (TPSA) is 165 Å². The average molecular weight is 629 g/mol. The molecule has 0 aromatic heterocycles. The molecular weight excluding hydrogens is 601 g/mol. The Hall–Kier alpha value is -4.98. The van der Waals surface area contributed by atoms with Crippen molar-refractivity contribution in [3.8, 4) is 0 Å². The summed E-state index contributed by atoms with van der Waals surface area (Å²) in [5, 5.41) is 5.15. The lowest BCUT2D eigenvalue weighted by Gasteiger charge is -2.22. The normalized spacial score (nSPS) is 15.4. The molecule has 4 amide bonds. The first kappa shape index (κ1) is 31.9. The Morgan fingerprint density at radius 3 is 1.91 bits per heavy atom. The summed E-state index contributed by atoms with van der Waals surface area (Å²) in [6, 6.07) is 16.3. The van der Waals surface area contributed by atoms with Crippen molar-refractivity contribution >= 4 is 38.6 Å². The molecular formula is C30H27F3N4O6S. The maximum atomic E-state index is 13.4. The van der Waals surface area contributed by atoms with Gasteiger partial charge in [-0.05, 0) is 34.4 Å². The quantitative estimate of drug-likeness (QED) is 0.254. The van der Waals surface area contributed by atoms with Gasteiger partial charge in [0, 0.05) is 18.9 Å². The van der Waals surface area contributed by atoms with Crippen LogP contribution in [0.4, 0.5) is 13.2 Å². The summed E-state index contributed by atoms with van der Waals surface area (Å²) in [6.07, 6.45) is -3.89. The number of nitrogens with two attached hydrogens (primary N) is 1. The lowest BCUT2D eigenvalue weighted by molar-refractivity contribution is -0.137. The zero-order chi connectivity index (χ0) is 32.1. The van der Waals surface area contributed by atoms with Crippen LogP contribution in [0.1, 0.15) is 27.8 Å². The highest BCUT2D eigenvalue weighted by Crippen LogP contribution is 2.29. The van der Waals surface area contributed by atoms with Gasteiger partial charge in [-0.15, -0.1) is 0 Å². The van der Waals surface area contributed by atoms with E-state index in [0.717, 1.165) is 18.2 Å². The highest BCUT2D eigenvalue weighted by molar-refractivity contribution is 7.99. The molecule has 44 heavy (non-hydrogen) atoms. The van der Waals surface area contributed by atoms with Gasteiger partial charge >= 0.3 is 6.18 Å². The van der Waals surface area contributed by atoms with E-state index in [9.17, 15) is 40.8 Å². The van der Waals surface area contributed by atoms with Crippen molar-refractivity contribution in [2.24, 2.45) is 5.73 Å². The molecule has 14 heteroatoms. The lowest BCUT2D eigenvalue weighted by atomic mass is 10.0. The van der Waals surface area contributed by atoms with Crippen molar-refractivity contribution < 1.29 is 40.8 Å². The monoisotopic (exact) mass is 628 g/mol. The van der Waals surface area contributed by atoms with Crippen LogP contribution in [0, 0.1) is 0 Å². The summed E-state index contributed by atoms with van der Waals surface area (Å²) in [7, 11) is -3.98. The minimum absolute atomic E-state index is 0.0436. The van der Waals surface area contributed by atoms with Crippen molar-refractivity contribution in [3.05, 3.63) is 113 Å². The molecule has 0 unspecified atom stereocenters. The first-order valence-corrected chi connectivity index (χ1v) is 14.7. The predicted octanol–water partition coefficient (Wildman–Crippen LogP) is 1.99. The Morgan fingerprint density at radius 2 is 1.36 bits per heavy atom. The summed E-state index contributed by atoms with van der Waals surface area (Å²) in [5.41, 5.74) is 6.45. The van der Waals surface area contributed by atoms with Gasteiger partial charge in [-0.1, -0.05) is 66.7 Å². The third kappa shape index (κ3) is 8.31. The molecule has 3 aromatic rings. The molecule has 5 N–H and O–H groups in total. The number of sulfonamides is 1. The zero-order valence-electron chi connectivity index (χ0n) is 22.9. The van der Waals surface area contributed by atoms with E-state index in [2.05, 4.69) is 10.6 Å². The van der Waals surface area contributed by atoms with E-state index in [-0.39, 0.29) is 29.7 Å². The van der Waals surface area contributed by atoms with Crippen LogP contribution in [0.25, 0.3) is 4.91 Å². The molecule has 1 heterocycles. The molecule has 0 spiro atoms. The van der Waals surface area contributed by atoms with Gasteiger partial charge in [0.05, 0.1) is 12.0 Å². The Balaban J connectivity index is 1.46. The minimum Gasteiger partial charge on any atom is -0.368 e. The fraction of sp³-hybridized carbons (Fsp3) is 0.200. The largest absolute Gasteiger partial charge is 0.416 e. The molecule has 1 aliphatic rings. The molecule has 230 valence electrons. The second-order valence-corrected chi connectivity index (χ2v) is 11.7. The molecule has 2 atom stereocenters. The number of halogens is 3. The second-order valence-electron chi connectivity index (χ2n) is 10.0. The summed E-state index contributed by atoms with van der Waals surface area (Å²) >= 11 is 0. The summed E-state index contributed by atoms with van der Waals surface area (Å²) < 4.78 is 64.7. The van der Waals surface area contributed by atoms with Gasteiger partial charge in [0.25, 0.3) is 15.9 Å². The number of hydrogen-bond acceptors (Lipinski definition) is 6. The zero-order valence-corrected chi connectivity index (χ0v) is 23.7. The summed E-state index contributed by atoms with van der Waals surface area (Å²) in [4.78, 5) is 49.8. The Labute approximate surface area is 250 Å². The van der Waals surface area contributed by atoms with E-state index >= 15 is 0 Å². The smallest absolute Gasteiger partial charge is 0.368 e. The highest BCUT2D eigenvalue weighted by Gasteiger charge is 2.31. The lowest BCUT2D eigenvalue weighted by Crippen LogP contribution is -2.54. The Kier molecular flexibility index (Phi) is 9.53. The highest BCUT2D eigenvalue weighted by atomic mass is 32.2. The van der Waals surface area contributed by atoms with Crippen LogP contribution in [0.2, 0.25) is 0 Å². The number of carbonyl (C=O) groups excluding carboxylic acids is 4. The van der Waals surface area contributed by atoms with Crippen LogP contribution < -0.4 is 21.1 Å². The third-order valence-corrected chi connectivity index (χ3v) is 8.11. The van der Waals surface area contributed by atoms with Crippen LogP contribution in [0.15, 0.2) is 84.9 Å². The fourth-order valence-corrected chi connectivity index (χ4v) is 5.63. The number of nitrogens with one attached hydrogen (secondary N) is 3. The van der Waals surface area contributed by atoms with Gasteiger partial charge in [0.1, 0.15) is 17.0 Å². The molecule has 3 aromatic carbocycles. The number of hydrogen-bond donors (Lipinski definition) is 4. The molecule has 0 radical (unpaired) electrons. The van der Waals surface area contributed by atoms with Gasteiger partial charge < -0.3 is 16.4 Å². The van der Waals surface area contributed by atoms with Gasteiger partial charge in [-0.2, -0.15) is 13.2 Å². The maximum absolute atomic E-state index is 13.4. The molecule has 0 bridgehead atoms. The Morgan fingerprint density at radius 1 is 0.795 bits per heavy atom. The van der Waals surface area contributed by atoms with E-state index < -0.39 is 57.5 Å². The SMILES string of the molecule is NC(=O)[C@H](Cc1ccc(C2=CC(=O)NS2(=O)=O)cc1)NC(=O)[C@H](Cc1ccccc1)NC(=O)Cc1ccc(C(F)(F)F)cc1. The molecule has 0 fully saturated rings. The summed E-state index contributed by atoms with van der Waals surface area (Å²) in [6.45, 7) is 0. The standard InChI is InChI=1S/C30H27F3N4O6S/c31-30(32,33)22-12-8-20(9-13-22)16-26(38)35-24(15-18-4-2-1-3-5-18)29(41)36-23(28(34)40)14-19-6-10-21(11-7-19)25-17-27(39)37-44(25,42)43/h1-13,17,23-24H,14-16H2,(H2,34,40)(H,35,38)(H,36,41)(H,37,39)/t23-,24-/m0/s1. The van der Waals surface area contributed by atoms with E-state index in [0.29, 0.717) is 16.7 Å².